The summed E-state index contributed by atoms with van der Waals surface area (Å²) in [7, 11) is 0.617. The minimum absolute atomic E-state index is 0.000248. The molecule has 0 aliphatic carbocycles. The maximum atomic E-state index is 13.9. The van der Waals surface area contributed by atoms with Crippen LogP contribution in [0.4, 0.5) is 10.2 Å². The van der Waals surface area contributed by atoms with Crippen molar-refractivity contribution in [1.82, 2.24) is 4.98 Å². The van der Waals surface area contributed by atoms with Gasteiger partial charge < -0.3 is 19.8 Å². The lowest BCUT2D eigenvalue weighted by Crippen LogP contribution is -2.41. The highest BCUT2D eigenvalue weighted by Gasteiger charge is 2.52. The molecule has 0 saturated carbocycles. The van der Waals surface area contributed by atoms with E-state index < -0.39 is 24.3 Å². The molecule has 104 valence electrons. The Morgan fingerprint density at radius 1 is 1.26 bits per heavy atom. The van der Waals surface area contributed by atoms with Crippen molar-refractivity contribution in [2.45, 2.75) is 38.9 Å². The van der Waals surface area contributed by atoms with Crippen LogP contribution in [0, 0.1) is 5.95 Å². The van der Waals surface area contributed by atoms with Gasteiger partial charge >= 0.3 is 7.12 Å². The topological polar surface area (TPSA) is 66.6 Å². The summed E-state index contributed by atoms with van der Waals surface area (Å²) in [6.07, 6.45) is 0. The first-order valence-corrected chi connectivity index (χ1v) is 6.03. The van der Waals surface area contributed by atoms with Gasteiger partial charge in [-0.05, 0) is 33.8 Å². The van der Waals surface area contributed by atoms with Gasteiger partial charge in [0.2, 0.25) is 5.95 Å². The molecule has 1 aliphatic rings. The van der Waals surface area contributed by atoms with Gasteiger partial charge in [-0.25, -0.2) is 0 Å². The average molecular weight is 268 g/mol. The molecule has 2 heterocycles. The van der Waals surface area contributed by atoms with Crippen molar-refractivity contribution in [1.29, 1.82) is 0 Å². The molecule has 0 atom stereocenters. The fourth-order valence-corrected chi connectivity index (χ4v) is 1.80. The molecule has 1 aliphatic heterocycles. The molecule has 5 nitrogen and oxygen atoms in total. The number of hydrogen-bond acceptors (Lipinski definition) is 5. The lowest BCUT2D eigenvalue weighted by molar-refractivity contribution is 0.00578. The predicted molar refractivity (Wildman–Crippen MR) is 70.9 cm³/mol. The largest absolute Gasteiger partial charge is 0.499 e. The van der Waals surface area contributed by atoms with Crippen LogP contribution >= 0.6 is 0 Å². The molecule has 19 heavy (non-hydrogen) atoms. The Morgan fingerprint density at radius 3 is 2.26 bits per heavy atom. The van der Waals surface area contributed by atoms with E-state index in [0.29, 0.717) is 5.75 Å². The number of hydrogen-bond donors (Lipinski definition) is 1. The Hall–Kier alpha value is -1.34. The van der Waals surface area contributed by atoms with E-state index in [2.05, 4.69) is 4.98 Å². The van der Waals surface area contributed by atoms with Crippen LogP contribution in [0.1, 0.15) is 27.7 Å². The van der Waals surface area contributed by atoms with Crippen molar-refractivity contribution >= 4 is 18.4 Å². The maximum absolute atomic E-state index is 13.9. The van der Waals surface area contributed by atoms with Crippen LogP contribution in [0.2, 0.25) is 0 Å². The summed E-state index contributed by atoms with van der Waals surface area (Å²) in [5, 5.41) is 0. The van der Waals surface area contributed by atoms with Crippen LogP contribution in [0.3, 0.4) is 0 Å². The van der Waals surface area contributed by atoms with E-state index in [9.17, 15) is 4.39 Å². The van der Waals surface area contributed by atoms with Gasteiger partial charge in [0.1, 0.15) is 0 Å². The van der Waals surface area contributed by atoms with Gasteiger partial charge in [-0.15, -0.1) is 0 Å². The maximum Gasteiger partial charge on any atom is 0.499 e. The number of anilines is 1. The molecule has 0 unspecified atom stereocenters. The first-order chi connectivity index (χ1) is 8.68. The molecule has 0 aromatic carbocycles. The Labute approximate surface area is 112 Å². The molecule has 2 N–H and O–H groups in total. The number of nitrogens with zero attached hydrogens (tertiary/aromatic N) is 1. The van der Waals surface area contributed by atoms with Crippen LogP contribution in [0.25, 0.3) is 0 Å². The van der Waals surface area contributed by atoms with Crippen molar-refractivity contribution in [3.8, 4) is 5.75 Å². The molecule has 1 fully saturated rings. The van der Waals surface area contributed by atoms with Crippen LogP contribution in [0.15, 0.2) is 6.07 Å². The summed E-state index contributed by atoms with van der Waals surface area (Å²) in [5.74, 6) is -0.414. The van der Waals surface area contributed by atoms with E-state index in [1.165, 1.54) is 13.2 Å². The molecular formula is C12H18BFN2O3. The Kier molecular flexibility index (Phi) is 3.22. The summed E-state index contributed by atoms with van der Waals surface area (Å²) in [4.78, 5) is 3.61. The quantitative estimate of drug-likeness (QED) is 0.643. The Morgan fingerprint density at radius 2 is 1.79 bits per heavy atom. The van der Waals surface area contributed by atoms with Crippen LogP contribution in [0.5, 0.6) is 5.75 Å². The van der Waals surface area contributed by atoms with Gasteiger partial charge in [-0.1, -0.05) is 0 Å². The van der Waals surface area contributed by atoms with E-state index in [0.717, 1.165) is 0 Å². The van der Waals surface area contributed by atoms with Gasteiger partial charge in [0.05, 0.1) is 18.3 Å². The van der Waals surface area contributed by atoms with Crippen LogP contribution in [-0.2, 0) is 9.31 Å². The normalized spacial score (nSPS) is 20.6. The second-order valence-corrected chi connectivity index (χ2v) is 5.54. The van der Waals surface area contributed by atoms with E-state index in [1.54, 1.807) is 0 Å². The fraction of sp³-hybridized carbons (Fsp3) is 0.583. The van der Waals surface area contributed by atoms with Crippen LogP contribution in [-0.4, -0.2) is 30.4 Å². The zero-order valence-corrected chi connectivity index (χ0v) is 11.8. The molecular weight excluding hydrogens is 250 g/mol. The first kappa shape index (κ1) is 14.1. The van der Waals surface area contributed by atoms with E-state index in [-0.39, 0.29) is 11.3 Å². The fourth-order valence-electron chi connectivity index (χ4n) is 1.80. The highest BCUT2D eigenvalue weighted by molar-refractivity contribution is 6.62. The highest BCUT2D eigenvalue weighted by atomic mass is 19.1. The lowest BCUT2D eigenvalue weighted by Gasteiger charge is -2.32. The monoisotopic (exact) mass is 268 g/mol. The second kappa shape index (κ2) is 4.35. The third-order valence-corrected chi connectivity index (χ3v) is 3.72. The summed E-state index contributed by atoms with van der Waals surface area (Å²) < 4.78 is 30.5. The van der Waals surface area contributed by atoms with E-state index in [1.807, 2.05) is 27.7 Å². The van der Waals surface area contributed by atoms with E-state index >= 15 is 0 Å². The number of aromatic nitrogens is 1. The van der Waals surface area contributed by atoms with Crippen molar-refractivity contribution in [2.75, 3.05) is 12.8 Å². The van der Waals surface area contributed by atoms with Crippen molar-refractivity contribution < 1.29 is 18.4 Å². The highest BCUT2D eigenvalue weighted by Crippen LogP contribution is 2.36. The molecule has 0 amide bonds. The number of ether oxygens (including phenoxy) is 1. The molecule has 0 radical (unpaired) electrons. The average Bonchev–Trinajstić information content (AvgIpc) is 2.48. The predicted octanol–water partition coefficient (Wildman–Crippen LogP) is 1.11. The Balaban J connectivity index is 2.39. The third-order valence-electron chi connectivity index (χ3n) is 3.72. The van der Waals surface area contributed by atoms with Crippen molar-refractivity contribution in [3.63, 3.8) is 0 Å². The molecule has 0 bridgehead atoms. The molecule has 0 spiro atoms. The number of rotatable bonds is 2. The summed E-state index contributed by atoms with van der Waals surface area (Å²) >= 11 is 0. The SMILES string of the molecule is COc1cc(B2OC(C)(C)C(C)(C)O2)c(F)nc1N. The molecule has 7 heteroatoms. The number of nitrogen functional groups attached to an aromatic ring is 1. The van der Waals surface area contributed by atoms with Crippen molar-refractivity contribution in [3.05, 3.63) is 12.0 Å². The zero-order chi connectivity index (χ0) is 14.4. The van der Waals surface area contributed by atoms with Gasteiger partial charge in [0, 0.05) is 5.46 Å². The first-order valence-electron chi connectivity index (χ1n) is 6.03. The molecule has 1 aromatic rings. The summed E-state index contributed by atoms with van der Waals surface area (Å²) in [6.45, 7) is 7.58. The smallest absolute Gasteiger partial charge is 0.493 e. The van der Waals surface area contributed by atoms with Gasteiger partial charge in [-0.2, -0.15) is 9.37 Å². The number of nitrogens with two attached hydrogens (primary N) is 1. The third kappa shape index (κ3) is 2.28. The lowest BCUT2D eigenvalue weighted by atomic mass is 9.80. The molecule has 2 rings (SSSR count). The number of methoxy groups -OCH3 is 1. The molecule has 1 saturated heterocycles. The van der Waals surface area contributed by atoms with Gasteiger partial charge in [0.15, 0.2) is 11.6 Å². The Bertz CT molecular complexity index is 492. The van der Waals surface area contributed by atoms with Crippen LogP contribution < -0.4 is 15.9 Å². The second-order valence-electron chi connectivity index (χ2n) is 5.54. The minimum Gasteiger partial charge on any atom is -0.493 e. The van der Waals surface area contributed by atoms with Gasteiger partial charge in [-0.3, -0.25) is 0 Å². The van der Waals surface area contributed by atoms with E-state index in [4.69, 9.17) is 19.8 Å². The number of pyridine rings is 1. The standard InChI is InChI=1S/C12H18BFN2O3/c1-11(2)12(3,4)19-13(18-11)7-6-8(17-5)10(15)16-9(7)14/h6H,1-5H3,(H2,15,16). The number of halogens is 1. The summed E-state index contributed by atoms with van der Waals surface area (Å²) in [5.41, 5.74) is 4.65. The molecule has 1 aromatic heterocycles. The van der Waals surface area contributed by atoms with Gasteiger partial charge in [0.25, 0.3) is 0 Å². The van der Waals surface area contributed by atoms with Crippen molar-refractivity contribution in [2.24, 2.45) is 0 Å². The summed E-state index contributed by atoms with van der Waals surface area (Å²) in [6, 6.07) is 1.46. The minimum atomic E-state index is -0.827. The zero-order valence-electron chi connectivity index (χ0n) is 11.8.